The summed E-state index contributed by atoms with van der Waals surface area (Å²) < 4.78 is 0. The Labute approximate surface area is 127 Å². The van der Waals surface area contributed by atoms with Crippen LogP contribution >= 0.6 is 0 Å². The molecule has 0 aliphatic carbocycles. The second-order valence-electron chi connectivity index (χ2n) is 6.78. The first kappa shape index (κ1) is 15.8. The predicted octanol–water partition coefficient (Wildman–Crippen LogP) is 2.63. The molecule has 2 rings (SSSR count). The number of hydrogen-bond donors (Lipinski definition) is 2. The minimum Gasteiger partial charge on any atom is -0.392 e. The minimum atomic E-state index is -0.302. The molecule has 1 aromatic carbocycles. The van der Waals surface area contributed by atoms with Crippen molar-refractivity contribution in [2.45, 2.75) is 46.3 Å². The highest BCUT2D eigenvalue weighted by molar-refractivity contribution is 5.81. The Balaban J connectivity index is 1.91. The number of nitrogens with zero attached hydrogens (tertiary/aromatic N) is 1. The highest BCUT2D eigenvalue weighted by atomic mass is 16.3. The molecule has 0 radical (unpaired) electrons. The normalized spacial score (nSPS) is 16.9. The van der Waals surface area contributed by atoms with Crippen molar-refractivity contribution in [1.82, 2.24) is 4.90 Å². The maximum absolute atomic E-state index is 12.3. The molecule has 116 valence electrons. The molecule has 21 heavy (non-hydrogen) atoms. The number of rotatable bonds is 3. The third-order valence-electron chi connectivity index (χ3n) is 3.97. The zero-order valence-electron chi connectivity index (χ0n) is 13.2. The number of amides is 1. The highest BCUT2D eigenvalue weighted by Gasteiger charge is 2.30. The van der Waals surface area contributed by atoms with Crippen molar-refractivity contribution in [2.75, 3.05) is 18.4 Å². The lowest BCUT2D eigenvalue weighted by Crippen LogP contribution is -2.46. The molecule has 1 aromatic rings. The van der Waals surface area contributed by atoms with E-state index in [1.165, 1.54) is 0 Å². The molecule has 0 atom stereocenters. The van der Waals surface area contributed by atoms with Crippen molar-refractivity contribution in [2.24, 2.45) is 5.41 Å². The van der Waals surface area contributed by atoms with E-state index in [1.54, 1.807) is 0 Å². The molecule has 1 aliphatic rings. The molecule has 0 saturated carbocycles. The van der Waals surface area contributed by atoms with Gasteiger partial charge in [0, 0.05) is 35.8 Å². The standard InChI is InChI=1S/C17H26N2O2/c1-17(2,3)16(21)19-10-8-14(9-11-19)18-15-7-5-4-6-13(15)12-20/h4-7,14,18,20H,8-12H2,1-3H3. The smallest absolute Gasteiger partial charge is 0.227 e. The zero-order chi connectivity index (χ0) is 15.5. The molecule has 1 aliphatic heterocycles. The van der Waals surface area contributed by atoms with Crippen LogP contribution in [0.4, 0.5) is 5.69 Å². The average molecular weight is 290 g/mol. The lowest BCUT2D eigenvalue weighted by Gasteiger charge is -2.36. The van der Waals surface area contributed by atoms with Gasteiger partial charge in [0.15, 0.2) is 0 Å². The predicted molar refractivity (Wildman–Crippen MR) is 85.0 cm³/mol. The fraction of sp³-hybridized carbons (Fsp3) is 0.588. The second kappa shape index (κ2) is 6.48. The van der Waals surface area contributed by atoms with Gasteiger partial charge in [-0.3, -0.25) is 4.79 Å². The topological polar surface area (TPSA) is 52.6 Å². The van der Waals surface area contributed by atoms with Gasteiger partial charge in [0.2, 0.25) is 5.91 Å². The van der Waals surface area contributed by atoms with Gasteiger partial charge in [0.25, 0.3) is 0 Å². The van der Waals surface area contributed by atoms with Gasteiger partial charge in [-0.2, -0.15) is 0 Å². The van der Waals surface area contributed by atoms with E-state index in [0.717, 1.165) is 37.2 Å². The Morgan fingerprint density at radius 2 is 1.90 bits per heavy atom. The van der Waals surface area contributed by atoms with E-state index < -0.39 is 0 Å². The van der Waals surface area contributed by atoms with E-state index in [2.05, 4.69) is 5.32 Å². The van der Waals surface area contributed by atoms with Gasteiger partial charge in [-0.1, -0.05) is 39.0 Å². The maximum atomic E-state index is 12.3. The van der Waals surface area contributed by atoms with Gasteiger partial charge in [-0.25, -0.2) is 0 Å². The lowest BCUT2D eigenvalue weighted by molar-refractivity contribution is -0.140. The number of likely N-dealkylation sites (tertiary alicyclic amines) is 1. The first-order valence-electron chi connectivity index (χ1n) is 7.66. The van der Waals surface area contributed by atoms with Crippen LogP contribution in [0.5, 0.6) is 0 Å². The summed E-state index contributed by atoms with van der Waals surface area (Å²) in [5.41, 5.74) is 1.62. The van der Waals surface area contributed by atoms with Gasteiger partial charge in [0.1, 0.15) is 0 Å². The summed E-state index contributed by atoms with van der Waals surface area (Å²) in [6, 6.07) is 8.20. The van der Waals surface area contributed by atoms with Crippen LogP contribution in [0, 0.1) is 5.41 Å². The molecule has 0 unspecified atom stereocenters. The summed E-state index contributed by atoms with van der Waals surface area (Å²) in [5, 5.41) is 12.9. The summed E-state index contributed by atoms with van der Waals surface area (Å²) in [6.45, 7) is 7.56. The van der Waals surface area contributed by atoms with Gasteiger partial charge in [0.05, 0.1) is 6.61 Å². The van der Waals surface area contributed by atoms with Gasteiger partial charge in [-0.15, -0.1) is 0 Å². The number of benzene rings is 1. The van der Waals surface area contributed by atoms with E-state index in [-0.39, 0.29) is 17.9 Å². The van der Waals surface area contributed by atoms with Crippen molar-refractivity contribution in [3.8, 4) is 0 Å². The van der Waals surface area contributed by atoms with Crippen LogP contribution in [-0.2, 0) is 11.4 Å². The summed E-state index contributed by atoms with van der Waals surface area (Å²) in [5.74, 6) is 0.233. The van der Waals surface area contributed by atoms with Crippen LogP contribution in [-0.4, -0.2) is 35.0 Å². The van der Waals surface area contributed by atoms with E-state index in [1.807, 2.05) is 49.9 Å². The van der Waals surface area contributed by atoms with Crippen molar-refractivity contribution in [1.29, 1.82) is 0 Å². The van der Waals surface area contributed by atoms with Crippen LogP contribution in [0.1, 0.15) is 39.2 Å². The van der Waals surface area contributed by atoms with E-state index in [0.29, 0.717) is 6.04 Å². The molecule has 2 N–H and O–H groups in total. The SMILES string of the molecule is CC(C)(C)C(=O)N1CCC(Nc2ccccc2CO)CC1. The molecular weight excluding hydrogens is 264 g/mol. The van der Waals surface area contributed by atoms with Gasteiger partial charge < -0.3 is 15.3 Å². The lowest BCUT2D eigenvalue weighted by atomic mass is 9.93. The number of carbonyl (C=O) groups excluding carboxylic acids is 1. The number of carbonyl (C=O) groups is 1. The van der Waals surface area contributed by atoms with Gasteiger partial charge in [-0.05, 0) is 18.9 Å². The summed E-state index contributed by atoms with van der Waals surface area (Å²) in [6.07, 6.45) is 1.89. The Hall–Kier alpha value is -1.55. The second-order valence-corrected chi connectivity index (χ2v) is 6.78. The number of aliphatic hydroxyl groups excluding tert-OH is 1. The van der Waals surface area contributed by atoms with Crippen LogP contribution in [0.3, 0.4) is 0 Å². The minimum absolute atomic E-state index is 0.0462. The Bertz CT molecular complexity index is 486. The van der Waals surface area contributed by atoms with Crippen LogP contribution in [0.25, 0.3) is 0 Å². The van der Waals surface area contributed by atoms with Crippen molar-refractivity contribution < 1.29 is 9.90 Å². The number of hydrogen-bond acceptors (Lipinski definition) is 3. The van der Waals surface area contributed by atoms with Crippen molar-refractivity contribution >= 4 is 11.6 Å². The first-order chi connectivity index (χ1) is 9.91. The number of aliphatic hydroxyl groups is 1. The number of para-hydroxylation sites is 1. The Morgan fingerprint density at radius 1 is 1.29 bits per heavy atom. The fourth-order valence-corrected chi connectivity index (χ4v) is 2.72. The van der Waals surface area contributed by atoms with E-state index >= 15 is 0 Å². The monoisotopic (exact) mass is 290 g/mol. The number of nitrogens with one attached hydrogen (secondary N) is 1. The molecule has 1 heterocycles. The molecule has 0 spiro atoms. The zero-order valence-corrected chi connectivity index (χ0v) is 13.2. The quantitative estimate of drug-likeness (QED) is 0.900. The third kappa shape index (κ3) is 3.97. The van der Waals surface area contributed by atoms with Gasteiger partial charge >= 0.3 is 0 Å². The molecule has 4 nitrogen and oxygen atoms in total. The summed E-state index contributed by atoms with van der Waals surface area (Å²) >= 11 is 0. The number of piperidine rings is 1. The molecule has 1 fully saturated rings. The maximum Gasteiger partial charge on any atom is 0.227 e. The van der Waals surface area contributed by atoms with Crippen molar-refractivity contribution in [3.05, 3.63) is 29.8 Å². The van der Waals surface area contributed by atoms with E-state index in [9.17, 15) is 9.90 Å². The molecule has 0 aromatic heterocycles. The summed E-state index contributed by atoms with van der Waals surface area (Å²) in [7, 11) is 0. The van der Waals surface area contributed by atoms with Crippen LogP contribution in [0.2, 0.25) is 0 Å². The molecule has 1 saturated heterocycles. The molecule has 0 bridgehead atoms. The third-order valence-corrected chi connectivity index (χ3v) is 3.97. The number of anilines is 1. The van der Waals surface area contributed by atoms with E-state index in [4.69, 9.17) is 0 Å². The Morgan fingerprint density at radius 3 is 2.48 bits per heavy atom. The highest BCUT2D eigenvalue weighted by Crippen LogP contribution is 2.23. The molecular formula is C17H26N2O2. The molecule has 1 amide bonds. The average Bonchev–Trinajstić information content (AvgIpc) is 2.47. The van der Waals surface area contributed by atoms with Crippen LogP contribution in [0.15, 0.2) is 24.3 Å². The van der Waals surface area contributed by atoms with Crippen molar-refractivity contribution in [3.63, 3.8) is 0 Å². The Kier molecular flexibility index (Phi) is 4.88. The first-order valence-corrected chi connectivity index (χ1v) is 7.66. The summed E-state index contributed by atoms with van der Waals surface area (Å²) in [4.78, 5) is 14.2. The van der Waals surface area contributed by atoms with Crippen LogP contribution < -0.4 is 5.32 Å². The fourth-order valence-electron chi connectivity index (χ4n) is 2.72. The largest absolute Gasteiger partial charge is 0.392 e. The molecule has 4 heteroatoms.